The number of amides is 1. The molecule has 6 heteroatoms. The minimum Gasteiger partial charge on any atom is -0.488 e. The van der Waals surface area contributed by atoms with Crippen molar-refractivity contribution < 1.29 is 9.53 Å². The number of pyridine rings is 1. The molecule has 1 N–H and O–H groups in total. The maximum atomic E-state index is 12.1. The summed E-state index contributed by atoms with van der Waals surface area (Å²) < 4.78 is 5.71. The summed E-state index contributed by atoms with van der Waals surface area (Å²) in [5.41, 5.74) is 2.67. The molecule has 5 nitrogen and oxygen atoms in total. The lowest BCUT2D eigenvalue weighted by molar-refractivity contribution is -0.115. The van der Waals surface area contributed by atoms with Crippen molar-refractivity contribution in [2.24, 2.45) is 4.99 Å². The Balaban J connectivity index is 1.57. The van der Waals surface area contributed by atoms with Gasteiger partial charge in [0.1, 0.15) is 12.4 Å². The number of ether oxygens (including phenoxy) is 1. The highest BCUT2D eigenvalue weighted by atomic mass is 32.2. The number of aromatic nitrogens is 1. The number of nitrogens with zero attached hydrogens (tertiary/aromatic N) is 2. The minimum atomic E-state index is -0.151. The Morgan fingerprint density at radius 2 is 2.17 bits per heavy atom. The van der Waals surface area contributed by atoms with Crippen LogP contribution in [0.3, 0.4) is 0 Å². The van der Waals surface area contributed by atoms with E-state index in [1.165, 1.54) is 11.8 Å². The van der Waals surface area contributed by atoms with Gasteiger partial charge in [0.15, 0.2) is 5.17 Å². The molecule has 2 aliphatic rings. The molecule has 0 radical (unpaired) electrons. The zero-order valence-corrected chi connectivity index (χ0v) is 13.4. The summed E-state index contributed by atoms with van der Waals surface area (Å²) in [7, 11) is 0. The third kappa shape index (κ3) is 3.09. The summed E-state index contributed by atoms with van der Waals surface area (Å²) in [5.74, 6) is 0.712. The molecule has 2 aliphatic heterocycles. The molecule has 118 valence electrons. The standard InChI is InChI=1S/C18H13N3O2S/c22-17-16(24-18(21-17)20-14-5-3-7-19-10-14)9-12-8-13-4-1-2-6-15(13)23-11-12/h1-10H,11H2,(H,20,21,22)/b16-9-. The lowest BCUT2D eigenvalue weighted by Gasteiger charge is -2.15. The van der Waals surface area contributed by atoms with Crippen molar-refractivity contribution in [1.29, 1.82) is 0 Å². The van der Waals surface area contributed by atoms with Crippen LogP contribution in [0.15, 0.2) is 70.3 Å². The van der Waals surface area contributed by atoms with Gasteiger partial charge < -0.3 is 10.1 Å². The first-order chi connectivity index (χ1) is 11.8. The topological polar surface area (TPSA) is 63.6 Å². The number of benzene rings is 1. The number of rotatable bonds is 2. The van der Waals surface area contributed by atoms with Crippen LogP contribution in [0.1, 0.15) is 5.56 Å². The van der Waals surface area contributed by atoms with Gasteiger partial charge in [-0.25, -0.2) is 4.99 Å². The molecule has 0 bridgehead atoms. The molecular weight excluding hydrogens is 322 g/mol. The van der Waals surface area contributed by atoms with E-state index < -0.39 is 0 Å². The third-order valence-electron chi connectivity index (χ3n) is 3.50. The van der Waals surface area contributed by atoms with Crippen LogP contribution < -0.4 is 10.1 Å². The monoisotopic (exact) mass is 335 g/mol. The van der Waals surface area contributed by atoms with Crippen LogP contribution in [0.2, 0.25) is 0 Å². The molecule has 1 aromatic heterocycles. The van der Waals surface area contributed by atoms with Crippen molar-refractivity contribution >= 4 is 34.6 Å². The Labute approximate surface area is 143 Å². The number of hydrogen-bond acceptors (Lipinski definition) is 5. The Morgan fingerprint density at radius 3 is 3.04 bits per heavy atom. The number of hydrogen-bond donors (Lipinski definition) is 1. The number of para-hydroxylation sites is 1. The van der Waals surface area contributed by atoms with E-state index in [-0.39, 0.29) is 5.91 Å². The van der Waals surface area contributed by atoms with E-state index in [0.29, 0.717) is 22.4 Å². The number of aliphatic imine (C=N–C) groups is 1. The van der Waals surface area contributed by atoms with Gasteiger partial charge in [0.25, 0.3) is 5.91 Å². The van der Waals surface area contributed by atoms with Crippen molar-refractivity contribution in [2.75, 3.05) is 6.61 Å². The molecule has 3 heterocycles. The average molecular weight is 335 g/mol. The Morgan fingerprint density at radius 1 is 1.25 bits per heavy atom. The molecule has 0 unspecified atom stereocenters. The number of carbonyl (C=O) groups excluding carboxylic acids is 1. The Bertz CT molecular complexity index is 888. The summed E-state index contributed by atoms with van der Waals surface area (Å²) in [6.07, 6.45) is 7.22. The molecule has 24 heavy (non-hydrogen) atoms. The van der Waals surface area contributed by atoms with Gasteiger partial charge in [0.05, 0.1) is 16.8 Å². The van der Waals surface area contributed by atoms with Gasteiger partial charge in [0, 0.05) is 11.8 Å². The average Bonchev–Trinajstić information content (AvgIpc) is 2.95. The van der Waals surface area contributed by atoms with E-state index in [1.807, 2.05) is 42.5 Å². The fourth-order valence-electron chi connectivity index (χ4n) is 2.40. The lowest BCUT2D eigenvalue weighted by atomic mass is 10.1. The molecule has 1 saturated heterocycles. The minimum absolute atomic E-state index is 0.151. The number of thioether (sulfide) groups is 1. The van der Waals surface area contributed by atoms with Crippen molar-refractivity contribution in [3.8, 4) is 5.75 Å². The number of nitrogens with one attached hydrogen (secondary N) is 1. The van der Waals surface area contributed by atoms with Crippen molar-refractivity contribution in [3.63, 3.8) is 0 Å². The highest BCUT2D eigenvalue weighted by Gasteiger charge is 2.24. The second kappa shape index (κ2) is 6.33. The largest absolute Gasteiger partial charge is 0.488 e. The summed E-state index contributed by atoms with van der Waals surface area (Å²) in [4.78, 5) is 21.1. The van der Waals surface area contributed by atoms with Crippen LogP contribution in [0.4, 0.5) is 5.69 Å². The highest BCUT2D eigenvalue weighted by molar-refractivity contribution is 8.18. The van der Waals surface area contributed by atoms with Gasteiger partial charge in [-0.1, -0.05) is 18.2 Å². The predicted octanol–water partition coefficient (Wildman–Crippen LogP) is 3.29. The number of amidine groups is 1. The first-order valence-corrected chi connectivity index (χ1v) is 8.21. The fourth-order valence-corrected chi connectivity index (χ4v) is 3.26. The van der Waals surface area contributed by atoms with Crippen molar-refractivity contribution in [2.45, 2.75) is 0 Å². The van der Waals surface area contributed by atoms with E-state index in [1.54, 1.807) is 18.5 Å². The summed E-state index contributed by atoms with van der Waals surface area (Å²) in [6.45, 7) is 0.448. The fraction of sp³-hybridized carbons (Fsp3) is 0.0556. The highest BCUT2D eigenvalue weighted by Crippen LogP contribution is 2.30. The van der Waals surface area contributed by atoms with E-state index >= 15 is 0 Å². The first kappa shape index (κ1) is 14.7. The van der Waals surface area contributed by atoms with Gasteiger partial charge in [-0.2, -0.15) is 0 Å². The van der Waals surface area contributed by atoms with Crippen LogP contribution in [-0.2, 0) is 4.79 Å². The second-order valence-corrected chi connectivity index (χ2v) is 6.27. The van der Waals surface area contributed by atoms with Gasteiger partial charge in [-0.15, -0.1) is 0 Å². The van der Waals surface area contributed by atoms with E-state index in [2.05, 4.69) is 15.3 Å². The zero-order chi connectivity index (χ0) is 16.4. The molecule has 0 spiro atoms. The van der Waals surface area contributed by atoms with Crippen LogP contribution in [0.5, 0.6) is 5.75 Å². The molecule has 4 rings (SSSR count). The predicted molar refractivity (Wildman–Crippen MR) is 95.1 cm³/mol. The molecule has 1 fully saturated rings. The van der Waals surface area contributed by atoms with E-state index in [4.69, 9.17) is 4.74 Å². The zero-order valence-electron chi connectivity index (χ0n) is 12.6. The van der Waals surface area contributed by atoms with E-state index in [9.17, 15) is 4.79 Å². The van der Waals surface area contributed by atoms with Gasteiger partial charge in [-0.05, 0) is 47.7 Å². The quantitative estimate of drug-likeness (QED) is 0.856. The van der Waals surface area contributed by atoms with Gasteiger partial charge in [-0.3, -0.25) is 9.78 Å². The molecule has 1 aromatic carbocycles. The van der Waals surface area contributed by atoms with Crippen LogP contribution in [0.25, 0.3) is 6.08 Å². The van der Waals surface area contributed by atoms with Crippen LogP contribution in [-0.4, -0.2) is 22.7 Å². The maximum Gasteiger partial charge on any atom is 0.264 e. The maximum absolute atomic E-state index is 12.1. The first-order valence-electron chi connectivity index (χ1n) is 7.40. The summed E-state index contributed by atoms with van der Waals surface area (Å²) in [6, 6.07) is 11.5. The van der Waals surface area contributed by atoms with Gasteiger partial charge >= 0.3 is 0 Å². The smallest absolute Gasteiger partial charge is 0.264 e. The lowest BCUT2D eigenvalue weighted by Crippen LogP contribution is -2.19. The van der Waals surface area contributed by atoms with Crippen LogP contribution >= 0.6 is 11.8 Å². The number of carbonyl (C=O) groups is 1. The molecule has 1 amide bonds. The summed E-state index contributed by atoms with van der Waals surface area (Å²) in [5, 5.41) is 3.32. The summed E-state index contributed by atoms with van der Waals surface area (Å²) >= 11 is 1.31. The third-order valence-corrected chi connectivity index (χ3v) is 4.41. The molecule has 0 saturated carbocycles. The van der Waals surface area contributed by atoms with Crippen molar-refractivity contribution in [3.05, 3.63) is 70.9 Å². The Hall–Kier alpha value is -2.86. The second-order valence-electron chi connectivity index (χ2n) is 5.24. The number of fused-ring (bicyclic) bond motifs is 1. The normalized spacial score (nSPS) is 19.7. The van der Waals surface area contributed by atoms with Crippen molar-refractivity contribution in [1.82, 2.24) is 10.3 Å². The van der Waals surface area contributed by atoms with Gasteiger partial charge in [0.2, 0.25) is 0 Å². The molecule has 0 atom stereocenters. The molecule has 0 aliphatic carbocycles. The van der Waals surface area contributed by atoms with E-state index in [0.717, 1.165) is 16.9 Å². The Kier molecular flexibility index (Phi) is 3.88. The molecular formula is C18H13N3O2S. The molecule has 2 aromatic rings. The van der Waals surface area contributed by atoms with Crippen LogP contribution in [0, 0.1) is 0 Å². The SMILES string of the molecule is O=C1NC(=Nc2cccnc2)S/C1=C\C1=Cc2ccccc2OC1.